The SMILES string of the molecule is COc1cc2[nH]c(-c3cccc(N4CCCCC4)c3)cc(=O)c2cc1-c1cnco1. The molecule has 0 saturated carbocycles. The molecule has 2 aromatic carbocycles. The normalized spacial score (nSPS) is 14.2. The van der Waals surface area contributed by atoms with Crippen molar-refractivity contribution in [3.63, 3.8) is 0 Å². The monoisotopic (exact) mass is 401 g/mol. The Labute approximate surface area is 174 Å². The van der Waals surface area contributed by atoms with Gasteiger partial charge in [-0.2, -0.15) is 0 Å². The van der Waals surface area contributed by atoms with Gasteiger partial charge in [0, 0.05) is 47.6 Å². The van der Waals surface area contributed by atoms with Gasteiger partial charge >= 0.3 is 0 Å². The first-order valence-electron chi connectivity index (χ1n) is 10.2. The first-order valence-corrected chi connectivity index (χ1v) is 10.2. The van der Waals surface area contributed by atoms with Gasteiger partial charge in [-0.1, -0.05) is 12.1 Å². The number of ether oxygens (including phenoxy) is 1. The molecule has 0 unspecified atom stereocenters. The third-order valence-electron chi connectivity index (χ3n) is 5.73. The Kier molecular flexibility index (Phi) is 4.75. The molecule has 1 N–H and O–H groups in total. The van der Waals surface area contributed by atoms with Gasteiger partial charge in [-0.05, 0) is 37.5 Å². The van der Waals surface area contributed by atoms with Crippen LogP contribution in [0.2, 0.25) is 0 Å². The Bertz CT molecular complexity index is 1240. The average molecular weight is 401 g/mol. The number of aromatic amines is 1. The minimum Gasteiger partial charge on any atom is -0.496 e. The van der Waals surface area contributed by atoms with Gasteiger partial charge < -0.3 is 19.0 Å². The van der Waals surface area contributed by atoms with Crippen LogP contribution in [0.15, 0.2) is 64.3 Å². The molecule has 1 fully saturated rings. The van der Waals surface area contributed by atoms with E-state index in [1.807, 2.05) is 12.1 Å². The Morgan fingerprint density at radius 2 is 1.97 bits per heavy atom. The maximum Gasteiger partial charge on any atom is 0.190 e. The second kappa shape index (κ2) is 7.71. The number of methoxy groups -OCH3 is 1. The van der Waals surface area contributed by atoms with Gasteiger partial charge in [-0.25, -0.2) is 4.98 Å². The van der Waals surface area contributed by atoms with Gasteiger partial charge in [0.2, 0.25) is 0 Å². The number of hydrogen-bond acceptors (Lipinski definition) is 5. The highest BCUT2D eigenvalue weighted by Gasteiger charge is 2.15. The summed E-state index contributed by atoms with van der Waals surface area (Å²) in [7, 11) is 1.60. The van der Waals surface area contributed by atoms with Crippen LogP contribution in [0.4, 0.5) is 5.69 Å². The molecule has 4 aromatic rings. The number of benzene rings is 2. The maximum atomic E-state index is 13.0. The Hall–Kier alpha value is -3.54. The van der Waals surface area contributed by atoms with Crippen LogP contribution in [0.5, 0.6) is 5.75 Å². The number of oxazole rings is 1. The number of anilines is 1. The van der Waals surface area contributed by atoms with Crippen molar-refractivity contribution in [2.24, 2.45) is 0 Å². The molecular weight excluding hydrogens is 378 g/mol. The number of nitrogens with zero attached hydrogens (tertiary/aromatic N) is 2. The summed E-state index contributed by atoms with van der Waals surface area (Å²) in [5, 5.41) is 0.582. The summed E-state index contributed by atoms with van der Waals surface area (Å²) in [6.45, 7) is 2.17. The zero-order valence-electron chi connectivity index (χ0n) is 16.9. The summed E-state index contributed by atoms with van der Waals surface area (Å²) >= 11 is 0. The van der Waals surface area contributed by atoms with Crippen molar-refractivity contribution in [2.45, 2.75) is 19.3 Å². The van der Waals surface area contributed by atoms with E-state index >= 15 is 0 Å². The fraction of sp³-hybridized carbons (Fsp3) is 0.250. The number of hydrogen-bond donors (Lipinski definition) is 1. The van der Waals surface area contributed by atoms with Crippen LogP contribution < -0.4 is 15.1 Å². The number of H-pyrrole nitrogens is 1. The third kappa shape index (κ3) is 3.34. The summed E-state index contributed by atoms with van der Waals surface area (Å²) in [5.41, 5.74) is 4.36. The predicted octanol–water partition coefficient (Wildman–Crippen LogP) is 4.85. The van der Waals surface area contributed by atoms with Crippen molar-refractivity contribution in [1.82, 2.24) is 9.97 Å². The Balaban J connectivity index is 1.60. The van der Waals surface area contributed by atoms with Crippen molar-refractivity contribution in [2.75, 3.05) is 25.1 Å². The lowest BCUT2D eigenvalue weighted by Gasteiger charge is -2.29. The van der Waals surface area contributed by atoms with Crippen LogP contribution >= 0.6 is 0 Å². The topological polar surface area (TPSA) is 71.4 Å². The molecule has 6 heteroatoms. The number of fused-ring (bicyclic) bond motifs is 1. The van der Waals surface area contributed by atoms with Gasteiger partial charge in [0.15, 0.2) is 17.6 Å². The van der Waals surface area contributed by atoms with Crippen LogP contribution in [0.25, 0.3) is 33.5 Å². The van der Waals surface area contributed by atoms with Crippen LogP contribution in [0, 0.1) is 0 Å². The minimum absolute atomic E-state index is 0.0504. The molecule has 0 spiro atoms. The largest absolute Gasteiger partial charge is 0.496 e. The van der Waals surface area contributed by atoms with E-state index in [1.165, 1.54) is 31.3 Å². The highest BCUT2D eigenvalue weighted by molar-refractivity contribution is 5.88. The lowest BCUT2D eigenvalue weighted by Crippen LogP contribution is -2.29. The summed E-state index contributed by atoms with van der Waals surface area (Å²) < 4.78 is 11.0. The van der Waals surface area contributed by atoms with Crippen LogP contribution in [-0.4, -0.2) is 30.2 Å². The van der Waals surface area contributed by atoms with E-state index < -0.39 is 0 Å². The Morgan fingerprint density at radius 1 is 1.10 bits per heavy atom. The number of nitrogens with one attached hydrogen (secondary N) is 1. The molecule has 0 amide bonds. The summed E-state index contributed by atoms with van der Waals surface area (Å²) in [6.07, 6.45) is 6.72. The van der Waals surface area contributed by atoms with Crippen molar-refractivity contribution in [3.05, 3.63) is 65.3 Å². The van der Waals surface area contributed by atoms with E-state index in [2.05, 4.69) is 33.1 Å². The van der Waals surface area contributed by atoms with Gasteiger partial charge in [0.25, 0.3) is 0 Å². The first kappa shape index (κ1) is 18.5. The number of pyridine rings is 1. The van der Waals surface area contributed by atoms with Gasteiger partial charge in [-0.15, -0.1) is 0 Å². The van der Waals surface area contributed by atoms with E-state index in [0.717, 1.165) is 29.9 Å². The van der Waals surface area contributed by atoms with Crippen LogP contribution in [-0.2, 0) is 0 Å². The molecule has 0 radical (unpaired) electrons. The molecule has 2 aromatic heterocycles. The van der Waals surface area contributed by atoms with Gasteiger partial charge in [0.05, 0.1) is 24.4 Å². The molecule has 152 valence electrons. The molecule has 1 aliphatic rings. The third-order valence-corrected chi connectivity index (χ3v) is 5.73. The van der Waals surface area contributed by atoms with Gasteiger partial charge in [-0.3, -0.25) is 4.79 Å². The molecule has 1 saturated heterocycles. The molecule has 3 heterocycles. The van der Waals surface area contributed by atoms with E-state index in [-0.39, 0.29) is 5.43 Å². The first-order chi connectivity index (χ1) is 14.7. The number of aromatic nitrogens is 2. The summed E-state index contributed by atoms with van der Waals surface area (Å²) in [5.74, 6) is 1.18. The minimum atomic E-state index is -0.0504. The molecule has 6 nitrogen and oxygen atoms in total. The second-order valence-electron chi connectivity index (χ2n) is 7.61. The molecular formula is C24H23N3O3. The van der Waals surface area contributed by atoms with E-state index in [0.29, 0.717) is 22.5 Å². The molecule has 1 aliphatic heterocycles. The molecule has 5 rings (SSSR count). The lowest BCUT2D eigenvalue weighted by molar-refractivity contribution is 0.415. The molecule has 30 heavy (non-hydrogen) atoms. The molecule has 0 bridgehead atoms. The quantitative estimate of drug-likeness (QED) is 0.529. The zero-order valence-corrected chi connectivity index (χ0v) is 16.9. The fourth-order valence-corrected chi connectivity index (χ4v) is 4.17. The summed E-state index contributed by atoms with van der Waals surface area (Å²) in [6, 6.07) is 13.7. The fourth-order valence-electron chi connectivity index (χ4n) is 4.17. The van der Waals surface area contributed by atoms with Crippen LogP contribution in [0.1, 0.15) is 19.3 Å². The second-order valence-corrected chi connectivity index (χ2v) is 7.61. The van der Waals surface area contributed by atoms with Crippen molar-refractivity contribution in [1.29, 1.82) is 0 Å². The van der Waals surface area contributed by atoms with Crippen molar-refractivity contribution < 1.29 is 9.15 Å². The smallest absolute Gasteiger partial charge is 0.190 e. The number of piperidine rings is 1. The average Bonchev–Trinajstić information content (AvgIpc) is 3.34. The van der Waals surface area contributed by atoms with E-state index in [1.54, 1.807) is 25.4 Å². The zero-order chi connectivity index (χ0) is 20.5. The van der Waals surface area contributed by atoms with Crippen molar-refractivity contribution in [3.8, 4) is 28.3 Å². The van der Waals surface area contributed by atoms with E-state index in [9.17, 15) is 4.79 Å². The number of rotatable bonds is 4. The standard InChI is InChI=1S/C24H23N3O3/c1-29-23-13-21-18(11-19(23)24-14-25-15-30-24)22(28)12-20(26-21)16-6-5-7-17(10-16)27-8-3-2-4-9-27/h5-7,10-15H,2-4,8-9H2,1H3,(H,26,28). The lowest BCUT2D eigenvalue weighted by atomic mass is 10.0. The highest BCUT2D eigenvalue weighted by atomic mass is 16.5. The highest BCUT2D eigenvalue weighted by Crippen LogP contribution is 2.33. The van der Waals surface area contributed by atoms with Crippen molar-refractivity contribution >= 4 is 16.6 Å². The van der Waals surface area contributed by atoms with E-state index in [4.69, 9.17) is 9.15 Å². The maximum absolute atomic E-state index is 13.0. The van der Waals surface area contributed by atoms with Gasteiger partial charge in [0.1, 0.15) is 5.75 Å². The molecule has 0 aliphatic carbocycles. The summed E-state index contributed by atoms with van der Waals surface area (Å²) in [4.78, 5) is 22.8. The molecule has 0 atom stereocenters. The predicted molar refractivity (Wildman–Crippen MR) is 118 cm³/mol. The Morgan fingerprint density at radius 3 is 2.73 bits per heavy atom. The van der Waals surface area contributed by atoms with Crippen LogP contribution in [0.3, 0.4) is 0 Å².